The monoisotopic (exact) mass is 422 g/mol. The number of benzene rings is 3. The van der Waals surface area contributed by atoms with Crippen molar-refractivity contribution in [3.63, 3.8) is 0 Å². The maximum atomic E-state index is 12.1. The summed E-state index contributed by atoms with van der Waals surface area (Å²) < 4.78 is 12.3. The predicted octanol–water partition coefficient (Wildman–Crippen LogP) is 4.76. The minimum absolute atomic E-state index is 0.261. The molecule has 3 aromatic carbocycles. The fourth-order valence-electron chi connectivity index (χ4n) is 5.17. The van der Waals surface area contributed by atoms with Gasteiger partial charge in [0.2, 0.25) is 0 Å². The Kier molecular flexibility index (Phi) is 4.55. The zero-order valence-corrected chi connectivity index (χ0v) is 17.3. The first-order valence-corrected chi connectivity index (χ1v) is 10.6. The van der Waals surface area contributed by atoms with Gasteiger partial charge in [-0.2, -0.15) is 0 Å². The van der Waals surface area contributed by atoms with Crippen LogP contribution in [0.15, 0.2) is 72.8 Å². The van der Waals surface area contributed by atoms with Crippen molar-refractivity contribution in [3.05, 3.63) is 94.5 Å². The lowest BCUT2D eigenvalue weighted by Gasteiger charge is -2.40. The molecule has 1 saturated carbocycles. The second-order valence-corrected chi connectivity index (χ2v) is 8.35. The molecule has 1 aliphatic heterocycles. The molecule has 0 radical (unpaired) electrons. The van der Waals surface area contributed by atoms with Gasteiger partial charge in [0.1, 0.15) is 11.5 Å². The Bertz CT molecular complexity index is 1070. The van der Waals surface area contributed by atoms with Gasteiger partial charge >= 0.3 is 0 Å². The largest absolute Gasteiger partial charge is 0.494 e. The summed E-state index contributed by atoms with van der Waals surface area (Å²) in [6.07, 6.45) is -0.631. The van der Waals surface area contributed by atoms with Crippen molar-refractivity contribution in [1.82, 2.24) is 0 Å². The first-order chi connectivity index (χ1) is 14.5. The molecule has 154 valence electrons. The van der Waals surface area contributed by atoms with E-state index in [-0.39, 0.29) is 5.92 Å². The molecular weight excluding hydrogens is 400 g/mol. The van der Waals surface area contributed by atoms with Gasteiger partial charge in [-0.15, -0.1) is 0 Å². The predicted molar refractivity (Wildman–Crippen MR) is 115 cm³/mol. The lowest BCUT2D eigenvalue weighted by molar-refractivity contribution is -0.149. The molecule has 0 aromatic heterocycles. The van der Waals surface area contributed by atoms with Crippen LogP contribution in [0.1, 0.15) is 36.0 Å². The number of aliphatic hydroxyl groups is 2. The van der Waals surface area contributed by atoms with E-state index < -0.39 is 17.3 Å². The Balaban J connectivity index is 1.75. The van der Waals surface area contributed by atoms with E-state index in [1.807, 2.05) is 55.5 Å². The van der Waals surface area contributed by atoms with E-state index in [4.69, 9.17) is 21.1 Å². The molecule has 1 unspecified atom stereocenters. The van der Waals surface area contributed by atoms with Crippen LogP contribution in [0, 0.1) is 0 Å². The van der Waals surface area contributed by atoms with E-state index >= 15 is 0 Å². The molecule has 4 atom stereocenters. The quantitative estimate of drug-likeness (QED) is 0.636. The zero-order chi connectivity index (χ0) is 20.9. The van der Waals surface area contributed by atoms with Crippen LogP contribution in [0.5, 0.6) is 11.5 Å². The van der Waals surface area contributed by atoms with Gasteiger partial charge in [-0.1, -0.05) is 54.1 Å². The van der Waals surface area contributed by atoms with Crippen molar-refractivity contribution in [2.45, 2.75) is 36.6 Å². The molecule has 5 rings (SSSR count). The third kappa shape index (κ3) is 2.54. The van der Waals surface area contributed by atoms with Gasteiger partial charge < -0.3 is 19.7 Å². The molecule has 0 spiro atoms. The number of ether oxygens (including phenoxy) is 2. The van der Waals surface area contributed by atoms with Crippen LogP contribution in [0.3, 0.4) is 0 Å². The molecule has 3 aromatic rings. The van der Waals surface area contributed by atoms with Gasteiger partial charge in [0, 0.05) is 22.6 Å². The van der Waals surface area contributed by atoms with E-state index in [1.54, 1.807) is 24.3 Å². The molecule has 1 fully saturated rings. The number of hydrogen-bond acceptors (Lipinski definition) is 4. The van der Waals surface area contributed by atoms with Crippen molar-refractivity contribution < 1.29 is 19.7 Å². The number of fused-ring (bicyclic) bond motifs is 3. The molecule has 4 nitrogen and oxygen atoms in total. The van der Waals surface area contributed by atoms with E-state index in [9.17, 15) is 10.2 Å². The van der Waals surface area contributed by atoms with E-state index in [0.29, 0.717) is 35.1 Å². The first kappa shape index (κ1) is 19.4. The maximum absolute atomic E-state index is 12.1. The molecule has 30 heavy (non-hydrogen) atoms. The summed E-state index contributed by atoms with van der Waals surface area (Å²) in [6, 6.07) is 22.6. The fourth-order valence-corrected chi connectivity index (χ4v) is 5.29. The molecular formula is C25H23ClO4. The van der Waals surface area contributed by atoms with Gasteiger partial charge in [-0.3, -0.25) is 0 Å². The minimum Gasteiger partial charge on any atom is -0.494 e. The van der Waals surface area contributed by atoms with E-state index in [2.05, 4.69) is 0 Å². The average molecular weight is 423 g/mol. The van der Waals surface area contributed by atoms with Crippen molar-refractivity contribution >= 4 is 11.6 Å². The van der Waals surface area contributed by atoms with Crippen molar-refractivity contribution in [1.29, 1.82) is 0 Å². The standard InChI is InChI=1S/C25H23ClO4/c1-2-29-19-12-13-20-22(14-19)30-25(17-8-10-18(26)11-9-17)21(15-23(27)24(20,25)28)16-6-4-3-5-7-16/h3-14,21,23,27-28H,2,15H2,1H3/t21?,23-,24-,25-/m0/s1. The van der Waals surface area contributed by atoms with Crippen LogP contribution in [0.25, 0.3) is 0 Å². The van der Waals surface area contributed by atoms with Gasteiger partial charge in [0.25, 0.3) is 0 Å². The third-order valence-corrected chi connectivity index (χ3v) is 6.67. The lowest BCUT2D eigenvalue weighted by Crippen LogP contribution is -2.51. The van der Waals surface area contributed by atoms with Crippen LogP contribution in [-0.2, 0) is 11.2 Å². The number of rotatable bonds is 4. The highest BCUT2D eigenvalue weighted by Crippen LogP contribution is 2.66. The molecule has 1 aliphatic carbocycles. The molecule has 1 heterocycles. The van der Waals surface area contributed by atoms with Crippen molar-refractivity contribution in [3.8, 4) is 11.5 Å². The highest BCUT2D eigenvalue weighted by Gasteiger charge is 2.72. The maximum Gasteiger partial charge on any atom is 0.176 e. The SMILES string of the molecule is CCOc1ccc2c(c1)O[C@@]1(c3ccc(Cl)cc3)C(c3ccccc3)C[C@H](O)[C@@]21O. The molecule has 2 N–H and O–H groups in total. The van der Waals surface area contributed by atoms with Gasteiger partial charge in [-0.05, 0) is 48.7 Å². The summed E-state index contributed by atoms with van der Waals surface area (Å²) in [4.78, 5) is 0. The van der Waals surface area contributed by atoms with Gasteiger partial charge in [-0.25, -0.2) is 0 Å². The van der Waals surface area contributed by atoms with Crippen molar-refractivity contribution in [2.24, 2.45) is 0 Å². The normalized spacial score (nSPS) is 29.2. The average Bonchev–Trinajstić information content (AvgIpc) is 3.15. The van der Waals surface area contributed by atoms with Crippen LogP contribution in [0.2, 0.25) is 5.02 Å². The zero-order valence-electron chi connectivity index (χ0n) is 16.6. The summed E-state index contributed by atoms with van der Waals surface area (Å²) in [5.74, 6) is 0.928. The van der Waals surface area contributed by atoms with Crippen LogP contribution in [0.4, 0.5) is 0 Å². The first-order valence-electron chi connectivity index (χ1n) is 10.2. The minimum atomic E-state index is -1.61. The Morgan fingerprint density at radius 3 is 2.50 bits per heavy atom. The summed E-state index contributed by atoms with van der Waals surface area (Å²) in [7, 11) is 0. The summed E-state index contributed by atoms with van der Waals surface area (Å²) in [6.45, 7) is 2.45. The number of hydrogen-bond donors (Lipinski definition) is 2. The molecule has 5 heteroatoms. The van der Waals surface area contributed by atoms with Crippen molar-refractivity contribution in [2.75, 3.05) is 6.61 Å². The second kappa shape index (κ2) is 7.02. The molecule has 2 aliphatic rings. The lowest BCUT2D eigenvalue weighted by atomic mass is 9.71. The molecule has 0 bridgehead atoms. The Labute approximate surface area is 180 Å². The Hall–Kier alpha value is -2.53. The molecule has 0 amide bonds. The number of halogens is 1. The Morgan fingerprint density at radius 1 is 1.07 bits per heavy atom. The van der Waals surface area contributed by atoms with E-state index in [1.165, 1.54) is 0 Å². The summed E-state index contributed by atoms with van der Waals surface area (Å²) in [5, 5.41) is 23.9. The van der Waals surface area contributed by atoms with Gasteiger partial charge in [0.05, 0.1) is 12.7 Å². The topological polar surface area (TPSA) is 58.9 Å². The van der Waals surface area contributed by atoms with Gasteiger partial charge in [0.15, 0.2) is 11.2 Å². The second-order valence-electron chi connectivity index (χ2n) is 7.92. The summed E-state index contributed by atoms with van der Waals surface area (Å²) in [5.41, 5.74) is -0.450. The smallest absolute Gasteiger partial charge is 0.176 e. The van der Waals surface area contributed by atoms with Crippen LogP contribution < -0.4 is 9.47 Å². The highest BCUT2D eigenvalue weighted by atomic mass is 35.5. The molecule has 0 saturated heterocycles. The summed E-state index contributed by atoms with van der Waals surface area (Å²) >= 11 is 6.15. The third-order valence-electron chi connectivity index (χ3n) is 6.42. The fraction of sp³-hybridized carbons (Fsp3) is 0.280. The highest BCUT2D eigenvalue weighted by molar-refractivity contribution is 6.30. The van der Waals surface area contributed by atoms with Crippen LogP contribution >= 0.6 is 11.6 Å². The Morgan fingerprint density at radius 2 is 1.80 bits per heavy atom. The van der Waals surface area contributed by atoms with E-state index in [0.717, 1.165) is 11.1 Å². The van der Waals surface area contributed by atoms with Crippen LogP contribution in [-0.4, -0.2) is 22.9 Å². The number of aliphatic hydroxyl groups excluding tert-OH is 1.